The van der Waals surface area contributed by atoms with Crippen LogP contribution in [0.2, 0.25) is 0 Å². The Kier molecular flexibility index (Phi) is 1.92. The van der Waals surface area contributed by atoms with E-state index in [1.165, 1.54) is 6.20 Å². The molecular formula is C9H9N3O2. The molecule has 0 saturated heterocycles. The van der Waals surface area contributed by atoms with Crippen LogP contribution in [0, 0.1) is 0 Å². The number of carbonyl (C=O) groups is 1. The molecule has 72 valence electrons. The Morgan fingerprint density at radius 1 is 1.64 bits per heavy atom. The maximum atomic E-state index is 10.8. The third kappa shape index (κ3) is 1.14. The van der Waals surface area contributed by atoms with Crippen LogP contribution < -0.4 is 5.32 Å². The zero-order valence-electron chi connectivity index (χ0n) is 7.61. The number of rotatable bonds is 2. The van der Waals surface area contributed by atoms with Crippen molar-refractivity contribution in [2.24, 2.45) is 4.99 Å². The predicted octanol–water partition coefficient (Wildman–Crippen LogP) is 1.08. The summed E-state index contributed by atoms with van der Waals surface area (Å²) in [6, 6.07) is 0. The molecule has 0 unspecified atom stereocenters. The summed E-state index contributed by atoms with van der Waals surface area (Å²) in [7, 11) is 1.68. The van der Waals surface area contributed by atoms with E-state index < -0.39 is 5.97 Å². The minimum atomic E-state index is -0.994. The fourth-order valence-corrected chi connectivity index (χ4v) is 1.47. The molecule has 0 aliphatic carbocycles. The van der Waals surface area contributed by atoms with Crippen LogP contribution in [-0.2, 0) is 6.42 Å². The summed E-state index contributed by atoms with van der Waals surface area (Å²) in [5.41, 5.74) is 2.16. The van der Waals surface area contributed by atoms with E-state index in [0.29, 0.717) is 17.8 Å². The van der Waals surface area contributed by atoms with Gasteiger partial charge in [0.1, 0.15) is 11.3 Å². The number of hydrogen-bond acceptors (Lipinski definition) is 4. The van der Waals surface area contributed by atoms with Gasteiger partial charge in [-0.3, -0.25) is 9.98 Å². The van der Waals surface area contributed by atoms with Gasteiger partial charge in [0, 0.05) is 25.9 Å². The minimum absolute atomic E-state index is 0.158. The Labute approximate surface area is 80.5 Å². The minimum Gasteiger partial charge on any atom is -0.478 e. The lowest BCUT2D eigenvalue weighted by atomic mass is 10.1. The van der Waals surface area contributed by atoms with Crippen molar-refractivity contribution in [3.8, 4) is 0 Å². The van der Waals surface area contributed by atoms with Gasteiger partial charge < -0.3 is 10.4 Å². The number of nitrogens with zero attached hydrogens (tertiary/aromatic N) is 2. The molecule has 0 bridgehead atoms. The first-order chi connectivity index (χ1) is 6.74. The summed E-state index contributed by atoms with van der Waals surface area (Å²) in [5.74, 6) is -0.994. The average Bonchev–Trinajstić information content (AvgIpc) is 2.63. The summed E-state index contributed by atoms with van der Waals surface area (Å²) in [6.07, 6.45) is 3.76. The van der Waals surface area contributed by atoms with Gasteiger partial charge in [-0.05, 0) is 0 Å². The standard InChI is InChI=1S/C9H9N3O2/c1-10-7-5(9(13)14)4-12-6-2-3-11-8(6)7/h3-4H,2H2,1H3,(H,10,12)(H,13,14). The highest BCUT2D eigenvalue weighted by molar-refractivity contribution is 5.99. The number of aliphatic imine (C=N–C) groups is 1. The first kappa shape index (κ1) is 8.68. The SMILES string of the molecule is CNc1c(C(=O)O)cnc2c1N=CC2. The average molecular weight is 191 g/mol. The lowest BCUT2D eigenvalue weighted by Gasteiger charge is -2.08. The normalized spacial score (nSPS) is 12.6. The van der Waals surface area contributed by atoms with Gasteiger partial charge in [0.25, 0.3) is 0 Å². The topological polar surface area (TPSA) is 74.6 Å². The second kappa shape index (κ2) is 3.10. The number of anilines is 1. The first-order valence-electron chi connectivity index (χ1n) is 4.19. The van der Waals surface area contributed by atoms with Crippen LogP contribution in [0.5, 0.6) is 0 Å². The zero-order chi connectivity index (χ0) is 10.1. The maximum absolute atomic E-state index is 10.8. The van der Waals surface area contributed by atoms with Crippen LogP contribution in [0.3, 0.4) is 0 Å². The van der Waals surface area contributed by atoms with Crippen molar-refractivity contribution in [2.45, 2.75) is 6.42 Å². The molecule has 5 nitrogen and oxygen atoms in total. The Balaban J connectivity index is 2.64. The molecule has 0 aromatic carbocycles. The van der Waals surface area contributed by atoms with Crippen LogP contribution in [0.15, 0.2) is 11.2 Å². The van der Waals surface area contributed by atoms with E-state index in [2.05, 4.69) is 15.3 Å². The molecule has 0 radical (unpaired) electrons. The molecule has 1 aromatic rings. The molecule has 1 aromatic heterocycles. The number of pyridine rings is 1. The molecule has 0 amide bonds. The number of aromatic carboxylic acids is 1. The van der Waals surface area contributed by atoms with Gasteiger partial charge in [-0.1, -0.05) is 0 Å². The van der Waals surface area contributed by atoms with E-state index in [4.69, 9.17) is 5.11 Å². The Hall–Kier alpha value is -1.91. The van der Waals surface area contributed by atoms with Gasteiger partial charge in [0.05, 0.1) is 11.4 Å². The first-order valence-corrected chi connectivity index (χ1v) is 4.19. The largest absolute Gasteiger partial charge is 0.478 e. The molecule has 1 aliphatic rings. The van der Waals surface area contributed by atoms with E-state index >= 15 is 0 Å². The number of hydrogen-bond donors (Lipinski definition) is 2. The fourth-order valence-electron chi connectivity index (χ4n) is 1.47. The molecule has 2 rings (SSSR count). The molecule has 14 heavy (non-hydrogen) atoms. The highest BCUT2D eigenvalue weighted by Gasteiger charge is 2.19. The van der Waals surface area contributed by atoms with Crippen LogP contribution >= 0.6 is 0 Å². The highest BCUT2D eigenvalue weighted by Crippen LogP contribution is 2.33. The third-order valence-corrected chi connectivity index (χ3v) is 2.11. The summed E-state index contributed by atoms with van der Waals surface area (Å²) >= 11 is 0. The van der Waals surface area contributed by atoms with Crippen molar-refractivity contribution < 1.29 is 9.90 Å². The van der Waals surface area contributed by atoms with Crippen molar-refractivity contribution >= 4 is 23.6 Å². The van der Waals surface area contributed by atoms with Crippen molar-refractivity contribution in [3.63, 3.8) is 0 Å². The second-order valence-corrected chi connectivity index (χ2v) is 2.91. The fraction of sp³-hybridized carbons (Fsp3) is 0.222. The molecule has 0 spiro atoms. The number of carboxylic acids is 1. The van der Waals surface area contributed by atoms with E-state index in [0.717, 1.165) is 5.69 Å². The van der Waals surface area contributed by atoms with E-state index in [1.807, 2.05) is 0 Å². The van der Waals surface area contributed by atoms with Crippen LogP contribution in [0.1, 0.15) is 16.1 Å². The van der Waals surface area contributed by atoms with Gasteiger partial charge >= 0.3 is 5.97 Å². The maximum Gasteiger partial charge on any atom is 0.339 e. The van der Waals surface area contributed by atoms with Crippen molar-refractivity contribution in [2.75, 3.05) is 12.4 Å². The molecule has 1 aliphatic heterocycles. The summed E-state index contributed by atoms with van der Waals surface area (Å²) in [6.45, 7) is 0. The second-order valence-electron chi connectivity index (χ2n) is 2.91. The van der Waals surface area contributed by atoms with Crippen LogP contribution in [0.25, 0.3) is 0 Å². The number of aromatic nitrogens is 1. The van der Waals surface area contributed by atoms with Crippen molar-refractivity contribution in [1.82, 2.24) is 4.98 Å². The highest BCUT2D eigenvalue weighted by atomic mass is 16.4. The Morgan fingerprint density at radius 3 is 3.07 bits per heavy atom. The summed E-state index contributed by atoms with van der Waals surface area (Å²) in [4.78, 5) is 19.0. The number of nitrogens with one attached hydrogen (secondary N) is 1. The smallest absolute Gasteiger partial charge is 0.339 e. The molecule has 5 heteroatoms. The predicted molar refractivity (Wildman–Crippen MR) is 52.6 cm³/mol. The van der Waals surface area contributed by atoms with Gasteiger partial charge in [-0.25, -0.2) is 4.79 Å². The molecule has 0 atom stereocenters. The van der Waals surface area contributed by atoms with E-state index in [-0.39, 0.29) is 5.56 Å². The number of fused-ring (bicyclic) bond motifs is 1. The van der Waals surface area contributed by atoms with Crippen LogP contribution in [0.4, 0.5) is 11.4 Å². The summed E-state index contributed by atoms with van der Waals surface area (Å²) < 4.78 is 0. The molecular weight excluding hydrogens is 182 g/mol. The molecule has 0 fully saturated rings. The lowest BCUT2D eigenvalue weighted by molar-refractivity contribution is 0.0697. The summed E-state index contributed by atoms with van der Waals surface area (Å²) in [5, 5.41) is 11.7. The molecule has 2 heterocycles. The molecule has 0 saturated carbocycles. The van der Waals surface area contributed by atoms with E-state index in [9.17, 15) is 4.79 Å². The van der Waals surface area contributed by atoms with Gasteiger partial charge in [-0.15, -0.1) is 0 Å². The van der Waals surface area contributed by atoms with Crippen molar-refractivity contribution in [3.05, 3.63) is 17.5 Å². The lowest BCUT2D eigenvalue weighted by Crippen LogP contribution is -2.04. The molecule has 2 N–H and O–H groups in total. The Bertz CT molecular complexity index is 426. The van der Waals surface area contributed by atoms with Gasteiger partial charge in [-0.2, -0.15) is 0 Å². The zero-order valence-corrected chi connectivity index (χ0v) is 7.61. The van der Waals surface area contributed by atoms with Gasteiger partial charge in [0.2, 0.25) is 0 Å². The Morgan fingerprint density at radius 2 is 2.43 bits per heavy atom. The van der Waals surface area contributed by atoms with E-state index in [1.54, 1.807) is 13.3 Å². The van der Waals surface area contributed by atoms with Crippen LogP contribution in [-0.4, -0.2) is 29.3 Å². The van der Waals surface area contributed by atoms with Gasteiger partial charge in [0.15, 0.2) is 0 Å². The monoisotopic (exact) mass is 191 g/mol. The quantitative estimate of drug-likeness (QED) is 0.733. The van der Waals surface area contributed by atoms with Crippen molar-refractivity contribution in [1.29, 1.82) is 0 Å². The number of carboxylic acid groups (broad SMARTS) is 1. The third-order valence-electron chi connectivity index (χ3n) is 2.11.